The molecule has 4 rings (SSSR count). The van der Waals surface area contributed by atoms with Crippen LogP contribution in [-0.2, 0) is 22.4 Å². The molecule has 0 aromatic heterocycles. The highest BCUT2D eigenvalue weighted by atomic mass is 32.2. The third kappa shape index (κ3) is 8.77. The van der Waals surface area contributed by atoms with Crippen molar-refractivity contribution in [2.24, 2.45) is 0 Å². The minimum Gasteiger partial charge on any atom is -0.287 e. The van der Waals surface area contributed by atoms with E-state index < -0.39 is 0 Å². The molecule has 2 nitrogen and oxygen atoms in total. The van der Waals surface area contributed by atoms with Crippen LogP contribution in [0.15, 0.2) is 129 Å². The van der Waals surface area contributed by atoms with Crippen molar-refractivity contribution in [1.29, 1.82) is 0 Å². The van der Waals surface area contributed by atoms with Gasteiger partial charge in [-0.3, -0.25) is 9.59 Å². The van der Waals surface area contributed by atoms with Crippen molar-refractivity contribution in [1.82, 2.24) is 0 Å². The van der Waals surface area contributed by atoms with Crippen LogP contribution >= 0.6 is 35.3 Å². The van der Waals surface area contributed by atoms with Crippen molar-refractivity contribution in [3.8, 4) is 0 Å². The van der Waals surface area contributed by atoms with Crippen LogP contribution in [0.25, 0.3) is 0 Å². The van der Waals surface area contributed by atoms with Crippen molar-refractivity contribution >= 4 is 45.5 Å². The minimum absolute atomic E-state index is 0.181. The summed E-state index contributed by atoms with van der Waals surface area (Å²) in [6.07, 6.45) is 2.61. The van der Waals surface area contributed by atoms with Crippen molar-refractivity contribution in [3.63, 3.8) is 0 Å². The Morgan fingerprint density at radius 2 is 0.800 bits per heavy atom. The summed E-state index contributed by atoms with van der Waals surface area (Å²) in [4.78, 5) is 28.8. The molecule has 0 unspecified atom stereocenters. The fraction of sp³-hybridized carbons (Fsp3) is 0.133. The maximum Gasteiger partial charge on any atom is 0.194 e. The number of thioether (sulfide) groups is 2. The molecular weight excluding hydrogens is 489 g/mol. The predicted molar refractivity (Wildman–Crippen MR) is 148 cm³/mol. The number of carbonyl (C=O) groups is 2. The Morgan fingerprint density at radius 3 is 1.17 bits per heavy atom. The molecule has 4 aromatic carbocycles. The summed E-state index contributed by atoms with van der Waals surface area (Å²) in [5.74, 6) is 0. The molecule has 0 amide bonds. The molecule has 0 bridgehead atoms. The Labute approximate surface area is 219 Å². The largest absolute Gasteiger partial charge is 0.287 e. The van der Waals surface area contributed by atoms with Gasteiger partial charge in [-0.2, -0.15) is 0 Å². The summed E-state index contributed by atoms with van der Waals surface area (Å²) in [5, 5.41) is 0.362. The highest BCUT2D eigenvalue weighted by Crippen LogP contribution is 2.32. The zero-order chi connectivity index (χ0) is 24.3. The van der Waals surface area contributed by atoms with Crippen molar-refractivity contribution < 1.29 is 9.59 Å². The van der Waals surface area contributed by atoms with Gasteiger partial charge in [0.15, 0.2) is 10.2 Å². The van der Waals surface area contributed by atoms with Crippen molar-refractivity contribution in [3.05, 3.63) is 120 Å². The van der Waals surface area contributed by atoms with Gasteiger partial charge in [0.05, 0.1) is 0 Å². The van der Waals surface area contributed by atoms with Crippen LogP contribution in [0.5, 0.6) is 0 Å². The van der Waals surface area contributed by atoms with Crippen LogP contribution in [0.4, 0.5) is 0 Å². The zero-order valence-electron chi connectivity index (χ0n) is 19.3. The second-order valence-electron chi connectivity index (χ2n) is 7.96. The Balaban J connectivity index is 1.21. The highest BCUT2D eigenvalue weighted by Gasteiger charge is 2.08. The van der Waals surface area contributed by atoms with Gasteiger partial charge in [-0.25, -0.2) is 0 Å². The third-order valence-corrected chi connectivity index (χ3v) is 8.16. The predicted octanol–water partition coefficient (Wildman–Crippen LogP) is 8.34. The standard InChI is InChI=1S/C30H26O2S3/c31-29(21-11-23-7-3-1-4-8-23)34-27-17-13-25(14-18-27)33-26-15-19-28(20-16-26)35-30(32)22-12-24-9-5-2-6-10-24/h1-10,13-20H,11-12,21-22H2. The average Bonchev–Trinajstić information content (AvgIpc) is 2.90. The topological polar surface area (TPSA) is 34.1 Å². The van der Waals surface area contributed by atoms with Crippen LogP contribution in [0.2, 0.25) is 0 Å². The molecule has 0 aliphatic carbocycles. The van der Waals surface area contributed by atoms with Crippen LogP contribution < -0.4 is 0 Å². The molecule has 0 N–H and O–H groups in total. The lowest BCUT2D eigenvalue weighted by molar-refractivity contribution is -0.111. The summed E-state index contributed by atoms with van der Waals surface area (Å²) in [6, 6.07) is 36.4. The molecule has 0 spiro atoms. The second-order valence-corrected chi connectivity index (χ2v) is 11.4. The molecule has 0 aliphatic rings. The molecule has 0 saturated heterocycles. The highest BCUT2D eigenvalue weighted by molar-refractivity contribution is 8.14. The normalized spacial score (nSPS) is 10.7. The fourth-order valence-electron chi connectivity index (χ4n) is 3.43. The summed E-state index contributed by atoms with van der Waals surface area (Å²) >= 11 is 4.28. The van der Waals surface area contributed by atoms with Gasteiger partial charge in [-0.15, -0.1) is 0 Å². The molecule has 0 heterocycles. The van der Waals surface area contributed by atoms with E-state index in [4.69, 9.17) is 0 Å². The molecule has 176 valence electrons. The first-order valence-corrected chi connectivity index (χ1v) is 14.0. The van der Waals surface area contributed by atoms with E-state index in [9.17, 15) is 9.59 Å². The van der Waals surface area contributed by atoms with Gasteiger partial charge in [-0.1, -0.05) is 95.9 Å². The van der Waals surface area contributed by atoms with E-state index in [0.717, 1.165) is 32.4 Å². The van der Waals surface area contributed by atoms with Gasteiger partial charge in [-0.05, 0) is 72.5 Å². The Hall–Kier alpha value is -2.73. The molecule has 0 saturated carbocycles. The molecule has 0 atom stereocenters. The molecular formula is C30H26O2S3. The molecule has 4 aromatic rings. The Bertz CT molecular complexity index is 1120. The summed E-state index contributed by atoms with van der Waals surface area (Å²) < 4.78 is 0. The lowest BCUT2D eigenvalue weighted by Gasteiger charge is -2.06. The first-order valence-electron chi connectivity index (χ1n) is 11.5. The number of hydrogen-bond acceptors (Lipinski definition) is 5. The maximum atomic E-state index is 12.3. The smallest absolute Gasteiger partial charge is 0.194 e. The second kappa shape index (κ2) is 13.4. The van der Waals surface area contributed by atoms with E-state index in [0.29, 0.717) is 12.8 Å². The summed E-state index contributed by atoms with van der Waals surface area (Å²) in [5.41, 5.74) is 2.38. The SMILES string of the molecule is O=C(CCc1ccccc1)Sc1ccc(Sc2ccc(SC(=O)CCc3ccccc3)cc2)cc1. The van der Waals surface area contributed by atoms with E-state index in [-0.39, 0.29) is 10.2 Å². The zero-order valence-corrected chi connectivity index (χ0v) is 21.7. The van der Waals surface area contributed by atoms with Crippen LogP contribution in [-0.4, -0.2) is 10.2 Å². The van der Waals surface area contributed by atoms with Crippen LogP contribution in [0, 0.1) is 0 Å². The average molecular weight is 515 g/mol. The molecule has 0 aliphatic heterocycles. The van der Waals surface area contributed by atoms with E-state index >= 15 is 0 Å². The fourth-order valence-corrected chi connectivity index (χ4v) is 5.73. The number of benzene rings is 4. The summed E-state index contributed by atoms with van der Waals surface area (Å²) in [6.45, 7) is 0. The lowest BCUT2D eigenvalue weighted by Crippen LogP contribution is -1.95. The first kappa shape index (κ1) is 25.4. The monoisotopic (exact) mass is 514 g/mol. The van der Waals surface area contributed by atoms with Gasteiger partial charge in [0.2, 0.25) is 0 Å². The van der Waals surface area contributed by atoms with E-state index in [1.807, 2.05) is 84.9 Å². The molecule has 0 fully saturated rings. The summed E-state index contributed by atoms with van der Waals surface area (Å²) in [7, 11) is 0. The first-order chi connectivity index (χ1) is 17.1. The number of hydrogen-bond donors (Lipinski definition) is 0. The van der Waals surface area contributed by atoms with Crippen molar-refractivity contribution in [2.45, 2.75) is 45.3 Å². The van der Waals surface area contributed by atoms with Crippen LogP contribution in [0.1, 0.15) is 24.0 Å². The van der Waals surface area contributed by atoms with Gasteiger partial charge in [0.25, 0.3) is 0 Å². The van der Waals surface area contributed by atoms with E-state index in [1.165, 1.54) is 34.7 Å². The van der Waals surface area contributed by atoms with Crippen LogP contribution in [0.3, 0.4) is 0 Å². The Kier molecular flexibility index (Phi) is 9.70. The molecule has 0 radical (unpaired) electrons. The number of rotatable bonds is 10. The minimum atomic E-state index is 0.181. The number of carbonyl (C=O) groups excluding carboxylic acids is 2. The third-order valence-electron chi connectivity index (χ3n) is 5.27. The van der Waals surface area contributed by atoms with Gasteiger partial charge < -0.3 is 0 Å². The van der Waals surface area contributed by atoms with Gasteiger partial charge in [0, 0.05) is 32.4 Å². The maximum absolute atomic E-state index is 12.3. The number of aryl methyl sites for hydroxylation is 2. The van der Waals surface area contributed by atoms with Crippen molar-refractivity contribution in [2.75, 3.05) is 0 Å². The molecule has 35 heavy (non-hydrogen) atoms. The lowest BCUT2D eigenvalue weighted by atomic mass is 10.1. The van der Waals surface area contributed by atoms with E-state index in [1.54, 1.807) is 11.8 Å². The Morgan fingerprint density at radius 1 is 0.457 bits per heavy atom. The molecule has 5 heteroatoms. The van der Waals surface area contributed by atoms with E-state index in [2.05, 4.69) is 24.3 Å². The quantitative estimate of drug-likeness (QED) is 0.199. The van der Waals surface area contributed by atoms with Gasteiger partial charge >= 0.3 is 0 Å². The van der Waals surface area contributed by atoms with Gasteiger partial charge in [0.1, 0.15) is 0 Å².